The zero-order valence-corrected chi connectivity index (χ0v) is 9.70. The van der Waals surface area contributed by atoms with E-state index in [-0.39, 0.29) is 11.7 Å². The van der Waals surface area contributed by atoms with Crippen molar-refractivity contribution in [1.29, 1.82) is 5.26 Å². The first-order valence-electron chi connectivity index (χ1n) is 5.32. The van der Waals surface area contributed by atoms with Crippen molar-refractivity contribution in [3.63, 3.8) is 0 Å². The highest BCUT2D eigenvalue weighted by atomic mass is 16.3. The van der Waals surface area contributed by atoms with E-state index in [0.717, 1.165) is 5.57 Å². The lowest BCUT2D eigenvalue weighted by molar-refractivity contribution is 0.426. The Morgan fingerprint density at radius 2 is 2.07 bits per heavy atom. The van der Waals surface area contributed by atoms with Crippen LogP contribution in [0, 0.1) is 17.2 Å². The molecule has 1 unspecified atom stereocenters. The van der Waals surface area contributed by atoms with Gasteiger partial charge in [-0.15, -0.1) is 0 Å². The summed E-state index contributed by atoms with van der Waals surface area (Å²) in [6.45, 7) is 6.19. The van der Waals surface area contributed by atoms with Gasteiger partial charge in [0.15, 0.2) is 0 Å². The topological polar surface area (TPSA) is 44.0 Å². The Balaban J connectivity index is 0.000000583. The molecule has 0 aromatic carbocycles. The molecule has 15 heavy (non-hydrogen) atoms. The molecule has 0 aromatic heterocycles. The third-order valence-electron chi connectivity index (χ3n) is 1.67. The van der Waals surface area contributed by atoms with E-state index < -0.39 is 0 Å². The molecule has 1 N–H and O–H groups in total. The summed E-state index contributed by atoms with van der Waals surface area (Å²) in [6, 6.07) is 2.12. The Morgan fingerprint density at radius 3 is 2.60 bits per heavy atom. The van der Waals surface area contributed by atoms with Crippen LogP contribution in [0.15, 0.2) is 35.6 Å². The fourth-order valence-electron chi connectivity index (χ4n) is 1.15. The minimum atomic E-state index is 0.129. The van der Waals surface area contributed by atoms with Gasteiger partial charge in [0.1, 0.15) is 5.76 Å². The van der Waals surface area contributed by atoms with Gasteiger partial charge in [-0.2, -0.15) is 5.26 Å². The zero-order chi connectivity index (χ0) is 11.7. The van der Waals surface area contributed by atoms with Gasteiger partial charge in [0.25, 0.3) is 0 Å². The van der Waals surface area contributed by atoms with E-state index in [1.54, 1.807) is 18.2 Å². The molecule has 1 aliphatic carbocycles. The summed E-state index contributed by atoms with van der Waals surface area (Å²) in [5.41, 5.74) is 0.752. The molecule has 0 heterocycles. The number of rotatable bonds is 0. The summed E-state index contributed by atoms with van der Waals surface area (Å²) in [6.07, 6.45) is 8.85. The number of nitrogens with zero attached hydrogens (tertiary/aromatic N) is 1. The molecule has 0 radical (unpaired) electrons. The lowest BCUT2D eigenvalue weighted by atomic mass is 10.0. The second-order valence-corrected chi connectivity index (χ2v) is 3.57. The highest BCUT2D eigenvalue weighted by Crippen LogP contribution is 2.13. The number of nitriles is 1. The van der Waals surface area contributed by atoms with Crippen molar-refractivity contribution in [2.45, 2.75) is 33.6 Å². The first-order chi connectivity index (χ1) is 7.13. The van der Waals surface area contributed by atoms with Gasteiger partial charge in [-0.25, -0.2) is 0 Å². The zero-order valence-electron chi connectivity index (χ0n) is 9.70. The van der Waals surface area contributed by atoms with Crippen LogP contribution < -0.4 is 0 Å². The summed E-state index contributed by atoms with van der Waals surface area (Å²) < 4.78 is 0. The summed E-state index contributed by atoms with van der Waals surface area (Å²) in [5.74, 6) is 0.403. The van der Waals surface area contributed by atoms with Gasteiger partial charge < -0.3 is 5.11 Å². The van der Waals surface area contributed by atoms with Crippen LogP contribution in [-0.2, 0) is 0 Å². The molecule has 0 aliphatic heterocycles. The van der Waals surface area contributed by atoms with Crippen LogP contribution in [-0.4, -0.2) is 5.11 Å². The highest BCUT2D eigenvalue weighted by Gasteiger charge is 2.01. The fourth-order valence-corrected chi connectivity index (χ4v) is 1.15. The average molecular weight is 205 g/mol. The fraction of sp³-hybridized carbons (Fsp3) is 0.462. The number of aliphatic hydroxyl groups is 1. The summed E-state index contributed by atoms with van der Waals surface area (Å²) in [5, 5.41) is 17.9. The predicted molar refractivity (Wildman–Crippen MR) is 63.3 cm³/mol. The molecule has 0 aromatic rings. The van der Waals surface area contributed by atoms with Crippen LogP contribution >= 0.6 is 0 Å². The molecule has 0 amide bonds. The SMILES string of the molecule is CC1C=C(C#N)C/C=C\C(O)=C/1.CCC. The van der Waals surface area contributed by atoms with Gasteiger partial charge in [-0.3, -0.25) is 0 Å². The van der Waals surface area contributed by atoms with Gasteiger partial charge in [-0.1, -0.05) is 39.3 Å². The number of allylic oxidation sites excluding steroid dienone is 5. The van der Waals surface area contributed by atoms with Gasteiger partial charge in [0, 0.05) is 12.0 Å². The molecule has 0 bridgehead atoms. The van der Waals surface area contributed by atoms with E-state index >= 15 is 0 Å². The molecule has 1 rings (SSSR count). The molecule has 0 saturated heterocycles. The van der Waals surface area contributed by atoms with E-state index in [2.05, 4.69) is 19.9 Å². The lowest BCUT2D eigenvalue weighted by Gasteiger charge is -2.03. The van der Waals surface area contributed by atoms with Crippen LogP contribution in [0.5, 0.6) is 0 Å². The van der Waals surface area contributed by atoms with Gasteiger partial charge >= 0.3 is 0 Å². The maximum absolute atomic E-state index is 9.21. The second-order valence-electron chi connectivity index (χ2n) is 3.57. The lowest BCUT2D eigenvalue weighted by Crippen LogP contribution is -1.92. The van der Waals surface area contributed by atoms with Crippen LogP contribution in [0.4, 0.5) is 0 Å². The molecule has 1 aliphatic rings. The van der Waals surface area contributed by atoms with E-state index in [1.165, 1.54) is 6.42 Å². The molecule has 1 atom stereocenters. The minimum absolute atomic E-state index is 0.129. The minimum Gasteiger partial charge on any atom is -0.508 e. The van der Waals surface area contributed by atoms with Crippen molar-refractivity contribution in [2.24, 2.45) is 5.92 Å². The normalized spacial score (nSPS) is 25.3. The average Bonchev–Trinajstić information content (AvgIpc) is 2.14. The summed E-state index contributed by atoms with van der Waals surface area (Å²) in [7, 11) is 0. The molecule has 2 heteroatoms. The molecule has 2 nitrogen and oxygen atoms in total. The number of hydrogen-bond donors (Lipinski definition) is 1. The highest BCUT2D eigenvalue weighted by molar-refractivity contribution is 5.29. The first-order valence-corrected chi connectivity index (χ1v) is 5.32. The Kier molecular flexibility index (Phi) is 7.09. The summed E-state index contributed by atoms with van der Waals surface area (Å²) in [4.78, 5) is 0. The first kappa shape index (κ1) is 13.5. The largest absolute Gasteiger partial charge is 0.508 e. The van der Waals surface area contributed by atoms with Gasteiger partial charge in [-0.05, 0) is 18.1 Å². The Bertz CT molecular complexity index is 305. The Morgan fingerprint density at radius 1 is 1.47 bits per heavy atom. The number of aliphatic hydroxyl groups excluding tert-OH is 1. The van der Waals surface area contributed by atoms with Crippen LogP contribution in [0.2, 0.25) is 0 Å². The smallest absolute Gasteiger partial charge is 0.111 e. The quantitative estimate of drug-likeness (QED) is 0.652. The molecular weight excluding hydrogens is 186 g/mol. The number of hydrogen-bond acceptors (Lipinski definition) is 2. The third kappa shape index (κ3) is 6.56. The van der Waals surface area contributed by atoms with E-state index in [9.17, 15) is 5.11 Å². The van der Waals surface area contributed by atoms with Crippen LogP contribution in [0.3, 0.4) is 0 Å². The third-order valence-corrected chi connectivity index (χ3v) is 1.67. The molecule has 0 spiro atoms. The van der Waals surface area contributed by atoms with Crippen molar-refractivity contribution in [2.75, 3.05) is 0 Å². The Labute approximate surface area is 92.2 Å². The van der Waals surface area contributed by atoms with E-state index in [4.69, 9.17) is 5.26 Å². The van der Waals surface area contributed by atoms with Gasteiger partial charge in [0.05, 0.1) is 6.07 Å². The van der Waals surface area contributed by atoms with Crippen molar-refractivity contribution in [3.05, 3.63) is 35.6 Å². The standard InChI is InChI=1S/C10H11NO.C3H8/c1-8-5-9(7-11)3-2-4-10(12)6-8;1-3-2/h2,4-6,8,12H,3H2,1H3;3H2,1-2H3/b4-2-,9-5?,10-6+;. The predicted octanol–water partition coefficient (Wildman–Crippen LogP) is 3.89. The second kappa shape index (κ2) is 7.87. The van der Waals surface area contributed by atoms with Crippen molar-refractivity contribution < 1.29 is 5.11 Å². The summed E-state index contributed by atoms with van der Waals surface area (Å²) >= 11 is 0. The van der Waals surface area contributed by atoms with Crippen molar-refractivity contribution in [3.8, 4) is 6.07 Å². The van der Waals surface area contributed by atoms with Gasteiger partial charge in [0.2, 0.25) is 0 Å². The maximum Gasteiger partial charge on any atom is 0.111 e. The molecule has 0 fully saturated rings. The maximum atomic E-state index is 9.21. The molecule has 82 valence electrons. The van der Waals surface area contributed by atoms with Crippen LogP contribution in [0.25, 0.3) is 0 Å². The van der Waals surface area contributed by atoms with Crippen LogP contribution in [0.1, 0.15) is 33.6 Å². The van der Waals surface area contributed by atoms with E-state index in [1.807, 2.05) is 13.0 Å². The van der Waals surface area contributed by atoms with Crippen molar-refractivity contribution in [1.82, 2.24) is 0 Å². The molecule has 0 saturated carbocycles. The Hall–Kier alpha value is -1.49. The van der Waals surface area contributed by atoms with E-state index in [0.29, 0.717) is 6.42 Å². The van der Waals surface area contributed by atoms with Crippen molar-refractivity contribution >= 4 is 0 Å². The molecular formula is C13H19NO. The monoisotopic (exact) mass is 205 g/mol.